The van der Waals surface area contributed by atoms with Crippen LogP contribution in [0.4, 0.5) is 15.8 Å². The smallest absolute Gasteiger partial charge is 0.259 e. The minimum Gasteiger partial charge on any atom is -0.496 e. The lowest BCUT2D eigenvalue weighted by Crippen LogP contribution is -2.14. The Morgan fingerprint density at radius 3 is 2.68 bits per heavy atom. The predicted octanol–water partition coefficient (Wildman–Crippen LogP) is 2.67. The van der Waals surface area contributed by atoms with E-state index in [1.54, 1.807) is 24.3 Å². The lowest BCUT2D eigenvalue weighted by molar-refractivity contribution is 0.102. The van der Waals surface area contributed by atoms with E-state index in [1.807, 2.05) is 0 Å². The van der Waals surface area contributed by atoms with E-state index >= 15 is 0 Å². The van der Waals surface area contributed by atoms with Crippen LogP contribution in [0.1, 0.15) is 10.4 Å². The van der Waals surface area contributed by atoms with Crippen LogP contribution in [-0.4, -0.2) is 13.0 Å². The molecule has 2 rings (SSSR count). The van der Waals surface area contributed by atoms with Crippen molar-refractivity contribution >= 4 is 17.3 Å². The summed E-state index contributed by atoms with van der Waals surface area (Å²) >= 11 is 0. The first-order chi connectivity index (χ1) is 9.11. The van der Waals surface area contributed by atoms with Gasteiger partial charge in [0.05, 0.1) is 18.4 Å². The highest BCUT2D eigenvalue weighted by Gasteiger charge is 2.14. The van der Waals surface area contributed by atoms with Gasteiger partial charge >= 0.3 is 0 Å². The molecular formula is C14H13FN2O2. The Morgan fingerprint density at radius 1 is 1.26 bits per heavy atom. The number of rotatable bonds is 3. The average molecular weight is 260 g/mol. The fourth-order valence-corrected chi connectivity index (χ4v) is 1.66. The summed E-state index contributed by atoms with van der Waals surface area (Å²) in [4.78, 5) is 12.1. The summed E-state index contributed by atoms with van der Waals surface area (Å²) in [6.45, 7) is 0. The van der Waals surface area contributed by atoms with Crippen molar-refractivity contribution in [2.75, 3.05) is 18.2 Å². The van der Waals surface area contributed by atoms with Crippen LogP contribution in [0.2, 0.25) is 0 Å². The van der Waals surface area contributed by atoms with Crippen LogP contribution >= 0.6 is 0 Å². The van der Waals surface area contributed by atoms with E-state index in [9.17, 15) is 9.18 Å². The normalized spacial score (nSPS) is 10.0. The highest BCUT2D eigenvalue weighted by atomic mass is 19.1. The first-order valence-electron chi connectivity index (χ1n) is 5.61. The zero-order valence-electron chi connectivity index (χ0n) is 10.3. The molecule has 19 heavy (non-hydrogen) atoms. The lowest BCUT2D eigenvalue weighted by atomic mass is 10.1. The van der Waals surface area contributed by atoms with Crippen LogP contribution in [0.25, 0.3) is 0 Å². The molecule has 0 aliphatic heterocycles. The summed E-state index contributed by atoms with van der Waals surface area (Å²) in [7, 11) is 1.45. The van der Waals surface area contributed by atoms with Gasteiger partial charge in [0.2, 0.25) is 0 Å². The molecule has 5 heteroatoms. The maximum absolute atomic E-state index is 13.5. The van der Waals surface area contributed by atoms with Crippen LogP contribution in [0.15, 0.2) is 42.5 Å². The highest BCUT2D eigenvalue weighted by molar-refractivity contribution is 6.06. The molecule has 0 aliphatic rings. The topological polar surface area (TPSA) is 64.3 Å². The molecule has 0 radical (unpaired) electrons. The van der Waals surface area contributed by atoms with E-state index < -0.39 is 11.7 Å². The van der Waals surface area contributed by atoms with E-state index in [2.05, 4.69) is 5.32 Å². The summed E-state index contributed by atoms with van der Waals surface area (Å²) in [5.74, 6) is -0.601. The summed E-state index contributed by atoms with van der Waals surface area (Å²) in [5.41, 5.74) is 6.43. The van der Waals surface area contributed by atoms with Gasteiger partial charge in [-0.1, -0.05) is 12.1 Å². The third-order valence-electron chi connectivity index (χ3n) is 2.59. The number of ether oxygens (including phenoxy) is 1. The first kappa shape index (κ1) is 12.9. The largest absolute Gasteiger partial charge is 0.496 e. The molecule has 0 saturated carbocycles. The summed E-state index contributed by atoms with van der Waals surface area (Å²) in [5, 5.41) is 2.48. The number of hydrogen-bond donors (Lipinski definition) is 2. The quantitative estimate of drug-likeness (QED) is 0.834. The van der Waals surface area contributed by atoms with Crippen molar-refractivity contribution in [3.63, 3.8) is 0 Å². The third kappa shape index (κ3) is 2.82. The Bertz CT molecular complexity index is 614. The second-order valence-electron chi connectivity index (χ2n) is 3.89. The molecule has 98 valence electrons. The Labute approximate surface area is 110 Å². The summed E-state index contributed by atoms with van der Waals surface area (Å²) < 4.78 is 18.5. The van der Waals surface area contributed by atoms with Crippen LogP contribution in [0.3, 0.4) is 0 Å². The number of nitrogens with two attached hydrogens (primary N) is 1. The fourth-order valence-electron chi connectivity index (χ4n) is 1.66. The molecule has 0 heterocycles. The maximum atomic E-state index is 13.5. The van der Waals surface area contributed by atoms with Crippen molar-refractivity contribution in [2.45, 2.75) is 0 Å². The number of methoxy groups -OCH3 is 1. The molecule has 2 aromatic rings. The van der Waals surface area contributed by atoms with Crippen molar-refractivity contribution in [2.24, 2.45) is 0 Å². The standard InChI is InChI=1S/C14H13FN2O2/c1-19-13-7-6-9(16)8-10(13)14(18)17-12-5-3-2-4-11(12)15/h2-8H,16H2,1H3,(H,17,18). The van der Waals surface area contributed by atoms with Gasteiger partial charge in [0.15, 0.2) is 0 Å². The molecule has 1 amide bonds. The van der Waals surface area contributed by atoms with Crippen LogP contribution < -0.4 is 15.8 Å². The number of amides is 1. The van der Waals surface area contributed by atoms with Crippen molar-refractivity contribution in [3.8, 4) is 5.75 Å². The number of halogens is 1. The van der Waals surface area contributed by atoms with E-state index in [0.29, 0.717) is 11.4 Å². The number of nitrogen functional groups attached to an aromatic ring is 1. The number of anilines is 2. The molecule has 0 fully saturated rings. The molecule has 2 aromatic carbocycles. The lowest BCUT2D eigenvalue weighted by Gasteiger charge is -2.10. The molecule has 0 atom stereocenters. The Morgan fingerprint density at radius 2 is 2.00 bits per heavy atom. The molecule has 3 N–H and O–H groups in total. The minimum atomic E-state index is -0.501. The number of carbonyl (C=O) groups is 1. The van der Waals surface area contributed by atoms with Gasteiger partial charge in [0.25, 0.3) is 5.91 Å². The molecule has 4 nitrogen and oxygen atoms in total. The second-order valence-corrected chi connectivity index (χ2v) is 3.89. The number of para-hydroxylation sites is 1. The number of benzene rings is 2. The van der Waals surface area contributed by atoms with Crippen LogP contribution in [0, 0.1) is 5.82 Å². The van der Waals surface area contributed by atoms with Gasteiger partial charge < -0.3 is 15.8 Å². The van der Waals surface area contributed by atoms with Crippen LogP contribution in [-0.2, 0) is 0 Å². The molecule has 0 bridgehead atoms. The SMILES string of the molecule is COc1ccc(N)cc1C(=O)Nc1ccccc1F. The Kier molecular flexibility index (Phi) is 3.66. The van der Waals surface area contributed by atoms with Gasteiger partial charge in [-0.3, -0.25) is 4.79 Å². The molecule has 0 spiro atoms. The van der Waals surface area contributed by atoms with Gasteiger partial charge in [0.1, 0.15) is 11.6 Å². The second kappa shape index (κ2) is 5.39. The Balaban J connectivity index is 2.30. The monoisotopic (exact) mass is 260 g/mol. The van der Waals surface area contributed by atoms with Crippen molar-refractivity contribution in [1.82, 2.24) is 0 Å². The number of nitrogens with one attached hydrogen (secondary N) is 1. The van der Waals surface area contributed by atoms with Gasteiger partial charge in [0, 0.05) is 5.69 Å². The van der Waals surface area contributed by atoms with Gasteiger partial charge in [-0.25, -0.2) is 4.39 Å². The van der Waals surface area contributed by atoms with Crippen molar-refractivity contribution < 1.29 is 13.9 Å². The predicted molar refractivity (Wildman–Crippen MR) is 71.8 cm³/mol. The molecular weight excluding hydrogens is 247 g/mol. The minimum absolute atomic E-state index is 0.108. The van der Waals surface area contributed by atoms with Crippen molar-refractivity contribution in [1.29, 1.82) is 0 Å². The van der Waals surface area contributed by atoms with E-state index in [0.717, 1.165) is 0 Å². The van der Waals surface area contributed by atoms with E-state index in [-0.39, 0.29) is 11.3 Å². The van der Waals surface area contributed by atoms with Gasteiger partial charge in [-0.15, -0.1) is 0 Å². The number of hydrogen-bond acceptors (Lipinski definition) is 3. The summed E-state index contributed by atoms with van der Waals surface area (Å²) in [6.07, 6.45) is 0. The molecule has 0 unspecified atom stereocenters. The molecule has 0 saturated heterocycles. The van der Waals surface area contributed by atoms with Crippen molar-refractivity contribution in [3.05, 3.63) is 53.8 Å². The van der Waals surface area contributed by atoms with E-state index in [1.165, 1.54) is 25.3 Å². The summed E-state index contributed by atoms with van der Waals surface area (Å²) in [6, 6.07) is 10.6. The zero-order chi connectivity index (χ0) is 13.8. The Hall–Kier alpha value is -2.56. The molecule has 0 aromatic heterocycles. The van der Waals surface area contributed by atoms with Gasteiger partial charge in [-0.05, 0) is 30.3 Å². The number of carbonyl (C=O) groups excluding carboxylic acids is 1. The zero-order valence-corrected chi connectivity index (χ0v) is 10.3. The molecule has 0 aliphatic carbocycles. The average Bonchev–Trinajstić information content (AvgIpc) is 2.41. The first-order valence-corrected chi connectivity index (χ1v) is 5.61. The fraction of sp³-hybridized carbons (Fsp3) is 0.0714. The van der Waals surface area contributed by atoms with E-state index in [4.69, 9.17) is 10.5 Å². The van der Waals surface area contributed by atoms with Gasteiger partial charge in [-0.2, -0.15) is 0 Å². The third-order valence-corrected chi connectivity index (χ3v) is 2.59. The van der Waals surface area contributed by atoms with Crippen LogP contribution in [0.5, 0.6) is 5.75 Å². The maximum Gasteiger partial charge on any atom is 0.259 e. The highest BCUT2D eigenvalue weighted by Crippen LogP contribution is 2.23.